The van der Waals surface area contributed by atoms with Crippen LogP contribution in [-0.4, -0.2) is 30.0 Å². The first-order valence-corrected chi connectivity index (χ1v) is 5.73. The molecule has 7 heteroatoms. The van der Waals surface area contributed by atoms with Crippen LogP contribution in [0.1, 0.15) is 0 Å². The van der Waals surface area contributed by atoms with Gasteiger partial charge >= 0.3 is 0 Å². The van der Waals surface area contributed by atoms with E-state index in [4.69, 9.17) is 5.73 Å². The lowest BCUT2D eigenvalue weighted by Gasteiger charge is -2.03. The van der Waals surface area contributed by atoms with E-state index in [2.05, 4.69) is 25.5 Å². The van der Waals surface area contributed by atoms with Gasteiger partial charge in [-0.15, -0.1) is 5.10 Å². The van der Waals surface area contributed by atoms with Gasteiger partial charge in [0, 0.05) is 5.56 Å². The number of aromatic amines is 1. The van der Waals surface area contributed by atoms with Crippen molar-refractivity contribution in [3.8, 4) is 11.3 Å². The lowest BCUT2D eigenvalue weighted by molar-refractivity contribution is 0.959. The summed E-state index contributed by atoms with van der Waals surface area (Å²) in [7, 11) is 0. The van der Waals surface area contributed by atoms with Gasteiger partial charge in [0.05, 0.1) is 5.69 Å². The van der Waals surface area contributed by atoms with Crippen molar-refractivity contribution < 1.29 is 0 Å². The fourth-order valence-electron chi connectivity index (χ4n) is 2.14. The Labute approximate surface area is 107 Å². The molecule has 0 amide bonds. The van der Waals surface area contributed by atoms with Crippen molar-refractivity contribution in [1.29, 1.82) is 0 Å². The maximum Gasteiger partial charge on any atom is 0.240 e. The van der Waals surface area contributed by atoms with Crippen LogP contribution in [0.2, 0.25) is 0 Å². The molecule has 0 radical (unpaired) electrons. The molecule has 0 spiro atoms. The summed E-state index contributed by atoms with van der Waals surface area (Å²) in [5.74, 6) is 0.259. The number of nitrogens with two attached hydrogens (primary N) is 1. The SMILES string of the molecule is Nc1nc2cccc(-c3ccc4n[nH]nc4c3)n2n1. The van der Waals surface area contributed by atoms with E-state index in [0.29, 0.717) is 0 Å². The van der Waals surface area contributed by atoms with Gasteiger partial charge in [0.25, 0.3) is 0 Å². The van der Waals surface area contributed by atoms with E-state index in [1.807, 2.05) is 36.4 Å². The van der Waals surface area contributed by atoms with Crippen LogP contribution in [0.15, 0.2) is 36.4 Å². The van der Waals surface area contributed by atoms with Gasteiger partial charge in [-0.3, -0.25) is 0 Å². The highest BCUT2D eigenvalue weighted by atomic mass is 15.3. The molecule has 3 N–H and O–H groups in total. The molecule has 3 aromatic heterocycles. The Balaban J connectivity index is 2.02. The van der Waals surface area contributed by atoms with Crippen LogP contribution in [0.4, 0.5) is 5.95 Å². The molecule has 0 aliphatic carbocycles. The molecule has 7 nitrogen and oxygen atoms in total. The van der Waals surface area contributed by atoms with Gasteiger partial charge in [0.15, 0.2) is 5.65 Å². The van der Waals surface area contributed by atoms with Crippen molar-refractivity contribution in [2.45, 2.75) is 0 Å². The maximum absolute atomic E-state index is 5.64. The third kappa shape index (κ3) is 1.45. The van der Waals surface area contributed by atoms with Crippen LogP contribution < -0.4 is 5.73 Å². The number of hydrogen-bond donors (Lipinski definition) is 2. The lowest BCUT2D eigenvalue weighted by Crippen LogP contribution is -1.94. The molecule has 0 unspecified atom stereocenters. The van der Waals surface area contributed by atoms with Crippen LogP contribution >= 0.6 is 0 Å². The van der Waals surface area contributed by atoms with Gasteiger partial charge in [-0.05, 0) is 24.3 Å². The van der Waals surface area contributed by atoms with Gasteiger partial charge in [-0.1, -0.05) is 12.1 Å². The van der Waals surface area contributed by atoms with Gasteiger partial charge < -0.3 is 5.73 Å². The Morgan fingerprint density at radius 3 is 2.89 bits per heavy atom. The topological polar surface area (TPSA) is 97.8 Å². The Kier molecular flexibility index (Phi) is 1.85. The van der Waals surface area contributed by atoms with E-state index in [1.165, 1.54) is 0 Å². The summed E-state index contributed by atoms with van der Waals surface area (Å²) >= 11 is 0. The van der Waals surface area contributed by atoms with Gasteiger partial charge in [0.2, 0.25) is 5.95 Å². The number of nitrogen functional groups attached to an aromatic ring is 1. The number of rotatable bonds is 1. The van der Waals surface area contributed by atoms with Gasteiger partial charge in [-0.2, -0.15) is 20.4 Å². The molecule has 3 heterocycles. The number of aromatic nitrogens is 6. The lowest BCUT2D eigenvalue weighted by atomic mass is 10.1. The first-order valence-electron chi connectivity index (χ1n) is 5.73. The quantitative estimate of drug-likeness (QED) is 0.530. The molecule has 0 bridgehead atoms. The van der Waals surface area contributed by atoms with Crippen molar-refractivity contribution in [1.82, 2.24) is 30.0 Å². The van der Waals surface area contributed by atoms with Crippen LogP contribution in [0.3, 0.4) is 0 Å². The minimum absolute atomic E-state index is 0.259. The van der Waals surface area contributed by atoms with E-state index < -0.39 is 0 Å². The summed E-state index contributed by atoms with van der Waals surface area (Å²) in [5.41, 5.74) is 9.89. The largest absolute Gasteiger partial charge is 0.366 e. The molecule has 0 aliphatic heterocycles. The number of nitrogens with zero attached hydrogens (tertiary/aromatic N) is 5. The standard InChI is InChI=1S/C12H9N7/c13-12-14-11-3-1-2-10(19(11)17-12)7-4-5-8-9(6-7)16-18-15-8/h1-6H,(H2,13,17)(H,15,16,18). The van der Waals surface area contributed by atoms with Crippen LogP contribution in [0.25, 0.3) is 27.9 Å². The number of nitrogens with one attached hydrogen (secondary N) is 1. The summed E-state index contributed by atoms with van der Waals surface area (Å²) in [6.07, 6.45) is 0. The molecule has 4 aromatic rings. The Morgan fingerprint density at radius 2 is 1.95 bits per heavy atom. The average Bonchev–Trinajstić information content (AvgIpc) is 3.01. The molecule has 0 saturated carbocycles. The average molecular weight is 251 g/mol. The fourth-order valence-corrected chi connectivity index (χ4v) is 2.14. The highest BCUT2D eigenvalue weighted by Gasteiger charge is 2.08. The molecule has 4 rings (SSSR count). The summed E-state index contributed by atoms with van der Waals surface area (Å²) in [6, 6.07) is 11.6. The maximum atomic E-state index is 5.64. The van der Waals surface area contributed by atoms with Crippen molar-refractivity contribution in [2.24, 2.45) is 0 Å². The van der Waals surface area contributed by atoms with E-state index in [-0.39, 0.29) is 5.95 Å². The number of anilines is 1. The predicted octanol–water partition coefficient (Wildman–Crippen LogP) is 1.25. The summed E-state index contributed by atoms with van der Waals surface area (Å²) in [4.78, 5) is 4.15. The first-order chi connectivity index (χ1) is 9.31. The molecule has 0 aliphatic rings. The zero-order valence-corrected chi connectivity index (χ0v) is 9.78. The first kappa shape index (κ1) is 10.0. The number of pyridine rings is 1. The summed E-state index contributed by atoms with van der Waals surface area (Å²) < 4.78 is 1.72. The number of fused-ring (bicyclic) bond motifs is 2. The second-order valence-electron chi connectivity index (χ2n) is 4.18. The Morgan fingerprint density at radius 1 is 1.05 bits per heavy atom. The molecular weight excluding hydrogens is 242 g/mol. The van der Waals surface area contributed by atoms with E-state index in [1.54, 1.807) is 4.52 Å². The van der Waals surface area contributed by atoms with Crippen LogP contribution in [0.5, 0.6) is 0 Å². The highest BCUT2D eigenvalue weighted by molar-refractivity contribution is 5.80. The zero-order chi connectivity index (χ0) is 12.8. The number of benzene rings is 1. The van der Waals surface area contributed by atoms with Crippen molar-refractivity contribution in [2.75, 3.05) is 5.73 Å². The molecule has 1 aromatic carbocycles. The molecular formula is C12H9N7. The van der Waals surface area contributed by atoms with Gasteiger partial charge in [-0.25, -0.2) is 4.52 Å². The second-order valence-corrected chi connectivity index (χ2v) is 4.18. The van der Waals surface area contributed by atoms with Crippen LogP contribution in [-0.2, 0) is 0 Å². The monoisotopic (exact) mass is 251 g/mol. The van der Waals surface area contributed by atoms with E-state index in [9.17, 15) is 0 Å². The minimum atomic E-state index is 0.259. The van der Waals surface area contributed by atoms with Crippen molar-refractivity contribution >= 4 is 22.6 Å². The van der Waals surface area contributed by atoms with Crippen molar-refractivity contribution in [3.63, 3.8) is 0 Å². The molecule has 0 atom stereocenters. The van der Waals surface area contributed by atoms with E-state index >= 15 is 0 Å². The van der Waals surface area contributed by atoms with E-state index in [0.717, 1.165) is 27.9 Å². The second kappa shape index (κ2) is 3.52. The summed E-state index contributed by atoms with van der Waals surface area (Å²) in [6.45, 7) is 0. The molecule has 0 saturated heterocycles. The molecule has 0 fully saturated rings. The minimum Gasteiger partial charge on any atom is -0.366 e. The molecule has 92 valence electrons. The third-order valence-electron chi connectivity index (χ3n) is 2.99. The highest BCUT2D eigenvalue weighted by Crippen LogP contribution is 2.23. The Bertz CT molecular complexity index is 889. The smallest absolute Gasteiger partial charge is 0.240 e. The normalized spacial score (nSPS) is 11.4. The molecule has 19 heavy (non-hydrogen) atoms. The third-order valence-corrected chi connectivity index (χ3v) is 2.99. The van der Waals surface area contributed by atoms with Gasteiger partial charge in [0.1, 0.15) is 11.0 Å². The Hall–Kier alpha value is -2.96. The zero-order valence-electron chi connectivity index (χ0n) is 9.78. The fraction of sp³-hybridized carbons (Fsp3) is 0. The summed E-state index contributed by atoms with van der Waals surface area (Å²) in [5, 5.41) is 14.9. The number of hydrogen-bond acceptors (Lipinski definition) is 5. The van der Waals surface area contributed by atoms with Crippen molar-refractivity contribution in [3.05, 3.63) is 36.4 Å². The van der Waals surface area contributed by atoms with Crippen LogP contribution in [0, 0.1) is 0 Å². The number of H-pyrrole nitrogens is 1. The predicted molar refractivity (Wildman–Crippen MR) is 70.3 cm³/mol.